The number of rotatable bonds is 4. The van der Waals surface area contributed by atoms with E-state index in [9.17, 15) is 10.2 Å². The van der Waals surface area contributed by atoms with E-state index in [-0.39, 0.29) is 17.6 Å². The minimum Gasteiger partial charge on any atom is -0.393 e. The van der Waals surface area contributed by atoms with Crippen molar-refractivity contribution < 1.29 is 10.2 Å². The molecule has 0 heterocycles. The Morgan fingerprint density at radius 1 is 0.867 bits per heavy atom. The lowest BCUT2D eigenvalue weighted by Gasteiger charge is -2.61. The molecule has 0 aromatic heterocycles. The summed E-state index contributed by atoms with van der Waals surface area (Å²) >= 11 is 0. The van der Waals surface area contributed by atoms with E-state index in [1.54, 1.807) is 0 Å². The van der Waals surface area contributed by atoms with Crippen LogP contribution in [0.25, 0.3) is 0 Å². The average molecular weight is 419 g/mol. The summed E-state index contributed by atoms with van der Waals surface area (Å²) in [7, 11) is 0. The Kier molecular flexibility index (Phi) is 6.20. The van der Waals surface area contributed by atoms with Crippen molar-refractivity contribution in [2.24, 2.45) is 51.8 Å². The summed E-state index contributed by atoms with van der Waals surface area (Å²) < 4.78 is 0. The lowest BCUT2D eigenvalue weighted by molar-refractivity contribution is -0.129. The van der Waals surface area contributed by atoms with E-state index in [1.807, 2.05) is 0 Å². The van der Waals surface area contributed by atoms with Gasteiger partial charge in [0, 0.05) is 0 Å². The molecule has 174 valence electrons. The summed E-state index contributed by atoms with van der Waals surface area (Å²) in [6.07, 6.45) is 13.8. The van der Waals surface area contributed by atoms with Gasteiger partial charge in [0.2, 0.25) is 0 Å². The van der Waals surface area contributed by atoms with E-state index >= 15 is 0 Å². The molecule has 30 heavy (non-hydrogen) atoms. The lowest BCUT2D eigenvalue weighted by atomic mass is 9.44. The van der Waals surface area contributed by atoms with Crippen molar-refractivity contribution in [1.29, 1.82) is 0 Å². The molecule has 4 aliphatic carbocycles. The molecule has 0 aromatic rings. The van der Waals surface area contributed by atoms with Gasteiger partial charge >= 0.3 is 0 Å². The quantitative estimate of drug-likeness (QED) is 0.525. The molecule has 0 amide bonds. The van der Waals surface area contributed by atoms with Gasteiger partial charge in [-0.15, -0.1) is 0 Å². The van der Waals surface area contributed by atoms with Crippen LogP contribution in [0.5, 0.6) is 0 Å². The summed E-state index contributed by atoms with van der Waals surface area (Å²) in [6.45, 7) is 14.2. The average Bonchev–Trinajstić information content (AvgIpc) is 3.03. The second-order valence-corrected chi connectivity index (χ2v) is 13.7. The Hall–Kier alpha value is -0.0800. The summed E-state index contributed by atoms with van der Waals surface area (Å²) in [4.78, 5) is 0. The van der Waals surface area contributed by atoms with Crippen molar-refractivity contribution in [3.05, 3.63) is 0 Å². The molecule has 0 aliphatic heterocycles. The smallest absolute Gasteiger partial charge is 0.0588 e. The van der Waals surface area contributed by atoms with Crippen molar-refractivity contribution in [3.63, 3.8) is 0 Å². The second kappa shape index (κ2) is 8.05. The Balaban J connectivity index is 1.45. The van der Waals surface area contributed by atoms with Crippen LogP contribution in [0.4, 0.5) is 0 Å². The van der Waals surface area contributed by atoms with Gasteiger partial charge in [-0.3, -0.25) is 0 Å². The highest BCUT2D eigenvalue weighted by Gasteiger charge is 2.60. The molecule has 4 rings (SSSR count). The van der Waals surface area contributed by atoms with Gasteiger partial charge in [0.25, 0.3) is 0 Å². The highest BCUT2D eigenvalue weighted by Crippen LogP contribution is 2.68. The zero-order valence-corrected chi connectivity index (χ0v) is 20.8. The molecule has 4 saturated carbocycles. The van der Waals surface area contributed by atoms with Crippen LogP contribution in [-0.2, 0) is 0 Å². The van der Waals surface area contributed by atoms with Gasteiger partial charge in [-0.25, -0.2) is 0 Å². The summed E-state index contributed by atoms with van der Waals surface area (Å²) in [5.41, 5.74) is 1.01. The Labute approximate surface area is 186 Å². The van der Waals surface area contributed by atoms with Crippen LogP contribution in [0.15, 0.2) is 0 Å². The number of aliphatic hydroxyl groups is 2. The molecule has 10 atom stereocenters. The number of hydrogen-bond donors (Lipinski definition) is 2. The van der Waals surface area contributed by atoms with Gasteiger partial charge in [-0.1, -0.05) is 41.5 Å². The van der Waals surface area contributed by atoms with Crippen LogP contribution in [0.2, 0.25) is 0 Å². The topological polar surface area (TPSA) is 40.5 Å². The van der Waals surface area contributed by atoms with Crippen molar-refractivity contribution in [3.8, 4) is 0 Å². The molecule has 4 aliphatic rings. The molecular weight excluding hydrogens is 368 g/mol. The third kappa shape index (κ3) is 3.81. The molecule has 0 saturated heterocycles. The minimum absolute atomic E-state index is 0.00154. The minimum atomic E-state index is -0.183. The summed E-state index contributed by atoms with van der Waals surface area (Å²) in [5, 5.41) is 20.8. The van der Waals surface area contributed by atoms with Gasteiger partial charge < -0.3 is 10.2 Å². The maximum atomic E-state index is 10.6. The first-order valence-electron chi connectivity index (χ1n) is 13.3. The third-order valence-corrected chi connectivity index (χ3v) is 11.3. The standard InChI is InChI=1S/C28H50O2/c1-18(7-12-25(30)26(2,3)4)22-10-11-23-21-9-8-19-17-20(29)13-15-27(19,5)24(21)14-16-28(22,23)6/h18-25,29-30H,7-17H2,1-6H3/t18-,19-,20+,21+,22?,23+,24+,25-,27+,28-/m1/s1. The highest BCUT2D eigenvalue weighted by molar-refractivity contribution is 5.09. The van der Waals surface area contributed by atoms with E-state index in [0.717, 1.165) is 54.8 Å². The number of aliphatic hydroxyl groups excluding tert-OH is 2. The molecule has 1 unspecified atom stereocenters. The molecule has 4 fully saturated rings. The SMILES string of the molecule is C[C@H](CC[C@@H](O)C(C)(C)C)C1CC[C@H]2[C@@H]3CC[C@@H]4C[C@@H](O)CC[C@]4(C)[C@H]3CC[C@]12C. The number of fused-ring (bicyclic) bond motifs is 5. The van der Waals surface area contributed by atoms with Crippen LogP contribution in [0, 0.1) is 51.8 Å². The molecular formula is C28H50O2. The Bertz CT molecular complexity index is 608. The van der Waals surface area contributed by atoms with Crippen molar-refractivity contribution >= 4 is 0 Å². The van der Waals surface area contributed by atoms with Gasteiger partial charge in [0.1, 0.15) is 0 Å². The fourth-order valence-corrected chi connectivity index (χ4v) is 9.27. The van der Waals surface area contributed by atoms with Gasteiger partial charge in [-0.05, 0) is 122 Å². The second-order valence-electron chi connectivity index (χ2n) is 13.7. The van der Waals surface area contributed by atoms with Crippen LogP contribution in [0.3, 0.4) is 0 Å². The molecule has 0 aromatic carbocycles. The van der Waals surface area contributed by atoms with E-state index in [1.165, 1.54) is 51.4 Å². The predicted octanol–water partition coefficient (Wildman–Crippen LogP) is 6.83. The van der Waals surface area contributed by atoms with Crippen molar-refractivity contribution in [2.45, 2.75) is 124 Å². The molecule has 2 heteroatoms. The molecule has 0 bridgehead atoms. The Morgan fingerprint density at radius 3 is 2.23 bits per heavy atom. The monoisotopic (exact) mass is 418 g/mol. The highest BCUT2D eigenvalue weighted by atomic mass is 16.3. The largest absolute Gasteiger partial charge is 0.393 e. The van der Waals surface area contributed by atoms with Crippen LogP contribution < -0.4 is 0 Å². The van der Waals surface area contributed by atoms with E-state index in [2.05, 4.69) is 41.5 Å². The lowest BCUT2D eigenvalue weighted by Crippen LogP contribution is -2.54. The van der Waals surface area contributed by atoms with Crippen LogP contribution in [-0.4, -0.2) is 22.4 Å². The first-order valence-corrected chi connectivity index (χ1v) is 13.3. The van der Waals surface area contributed by atoms with E-state index in [0.29, 0.717) is 10.8 Å². The van der Waals surface area contributed by atoms with Gasteiger partial charge in [0.05, 0.1) is 12.2 Å². The summed E-state index contributed by atoms with van der Waals surface area (Å²) in [5.74, 6) is 5.08. The first-order chi connectivity index (χ1) is 14.0. The van der Waals surface area contributed by atoms with Gasteiger partial charge in [0.15, 0.2) is 0 Å². The number of hydrogen-bond acceptors (Lipinski definition) is 2. The fourth-order valence-electron chi connectivity index (χ4n) is 9.27. The Morgan fingerprint density at radius 2 is 1.53 bits per heavy atom. The molecule has 2 N–H and O–H groups in total. The van der Waals surface area contributed by atoms with Crippen LogP contribution in [0.1, 0.15) is 112 Å². The van der Waals surface area contributed by atoms with Crippen molar-refractivity contribution in [2.75, 3.05) is 0 Å². The fraction of sp³-hybridized carbons (Fsp3) is 1.00. The zero-order chi connectivity index (χ0) is 21.9. The normalized spacial score (nSPS) is 48.4. The maximum Gasteiger partial charge on any atom is 0.0588 e. The molecule has 0 spiro atoms. The first kappa shape index (κ1) is 23.1. The molecule has 0 radical (unpaired) electrons. The van der Waals surface area contributed by atoms with E-state index < -0.39 is 0 Å². The zero-order valence-electron chi connectivity index (χ0n) is 20.8. The predicted molar refractivity (Wildman–Crippen MR) is 125 cm³/mol. The van der Waals surface area contributed by atoms with Crippen molar-refractivity contribution in [1.82, 2.24) is 0 Å². The summed E-state index contributed by atoms with van der Waals surface area (Å²) in [6, 6.07) is 0. The van der Waals surface area contributed by atoms with Gasteiger partial charge in [-0.2, -0.15) is 0 Å². The third-order valence-electron chi connectivity index (χ3n) is 11.3. The van der Waals surface area contributed by atoms with Crippen LogP contribution >= 0.6 is 0 Å². The van der Waals surface area contributed by atoms with E-state index in [4.69, 9.17) is 0 Å². The maximum absolute atomic E-state index is 10.6. The molecule has 2 nitrogen and oxygen atoms in total.